The Balaban J connectivity index is 1.52. The van der Waals surface area contributed by atoms with Crippen LogP contribution in [0.5, 0.6) is 0 Å². The minimum Gasteiger partial charge on any atom is -0.346 e. The molecule has 1 unspecified atom stereocenters. The van der Waals surface area contributed by atoms with Gasteiger partial charge in [0.15, 0.2) is 11.5 Å². The van der Waals surface area contributed by atoms with Crippen LogP contribution >= 0.6 is 27.3 Å². The molecular formula is C18H15BrN4OS. The molecule has 0 aliphatic heterocycles. The van der Waals surface area contributed by atoms with Crippen LogP contribution in [0.1, 0.15) is 24.4 Å². The molecule has 0 saturated heterocycles. The monoisotopic (exact) mass is 414 g/mol. The average molecular weight is 415 g/mol. The lowest BCUT2D eigenvalue weighted by Crippen LogP contribution is -2.29. The van der Waals surface area contributed by atoms with Crippen LogP contribution in [0, 0.1) is 0 Å². The van der Waals surface area contributed by atoms with E-state index in [1.807, 2.05) is 47.2 Å². The summed E-state index contributed by atoms with van der Waals surface area (Å²) in [5.41, 5.74) is 1.81. The van der Waals surface area contributed by atoms with Crippen molar-refractivity contribution in [2.45, 2.75) is 19.4 Å². The third-order valence-electron chi connectivity index (χ3n) is 4.07. The molecule has 0 aliphatic carbocycles. The Bertz CT molecular complexity index is 1070. The van der Waals surface area contributed by atoms with Crippen molar-refractivity contribution in [3.05, 3.63) is 63.8 Å². The summed E-state index contributed by atoms with van der Waals surface area (Å²) in [5.74, 6) is 0.696. The first-order chi connectivity index (χ1) is 12.1. The van der Waals surface area contributed by atoms with Gasteiger partial charge in [-0.1, -0.05) is 22.0 Å². The molecule has 1 atom stereocenters. The van der Waals surface area contributed by atoms with Gasteiger partial charge >= 0.3 is 0 Å². The first kappa shape index (κ1) is 16.2. The molecule has 4 rings (SSSR count). The van der Waals surface area contributed by atoms with Crippen molar-refractivity contribution in [3.63, 3.8) is 0 Å². The van der Waals surface area contributed by atoms with E-state index in [4.69, 9.17) is 0 Å². The Hall–Kier alpha value is -2.25. The standard InChI is InChI=1S/C18H15BrN4OS/c1-11(18-22-21-16-4-2-3-7-23(16)18)20-17(24)8-12-10-25-15-6-5-13(19)9-14(12)15/h2-7,9-11H,8H2,1H3,(H,20,24). The number of benzene rings is 1. The number of nitrogens with one attached hydrogen (secondary N) is 1. The van der Waals surface area contributed by atoms with E-state index < -0.39 is 0 Å². The van der Waals surface area contributed by atoms with E-state index in [2.05, 4.69) is 43.6 Å². The number of carbonyl (C=O) groups is 1. The smallest absolute Gasteiger partial charge is 0.225 e. The first-order valence-corrected chi connectivity index (χ1v) is 9.54. The van der Waals surface area contributed by atoms with Crippen molar-refractivity contribution in [2.24, 2.45) is 0 Å². The Morgan fingerprint density at radius 2 is 2.20 bits per heavy atom. The molecule has 3 heterocycles. The summed E-state index contributed by atoms with van der Waals surface area (Å²) < 4.78 is 4.09. The Labute approximate surface area is 156 Å². The Morgan fingerprint density at radius 3 is 3.08 bits per heavy atom. The lowest BCUT2D eigenvalue weighted by atomic mass is 10.1. The number of aromatic nitrogens is 3. The van der Waals surface area contributed by atoms with Gasteiger partial charge < -0.3 is 5.32 Å². The second-order valence-corrected chi connectivity index (χ2v) is 7.68. The third-order valence-corrected chi connectivity index (χ3v) is 5.58. The van der Waals surface area contributed by atoms with Crippen LogP contribution in [0.15, 0.2) is 52.4 Å². The number of hydrogen-bond acceptors (Lipinski definition) is 4. The summed E-state index contributed by atoms with van der Waals surface area (Å²) in [6.45, 7) is 1.92. The third kappa shape index (κ3) is 3.17. The molecule has 0 radical (unpaired) electrons. The van der Waals surface area contributed by atoms with Gasteiger partial charge in [-0.15, -0.1) is 21.5 Å². The molecule has 1 amide bonds. The molecule has 0 bridgehead atoms. The number of thiophene rings is 1. The quantitative estimate of drug-likeness (QED) is 0.546. The topological polar surface area (TPSA) is 59.3 Å². The molecule has 0 saturated carbocycles. The predicted octanol–water partition coefficient (Wildman–Crippen LogP) is 4.13. The fourth-order valence-corrected chi connectivity index (χ4v) is 4.18. The number of hydrogen-bond donors (Lipinski definition) is 1. The number of carbonyl (C=O) groups excluding carboxylic acids is 1. The minimum atomic E-state index is -0.221. The summed E-state index contributed by atoms with van der Waals surface area (Å²) in [6, 6.07) is 11.6. The molecule has 3 aromatic heterocycles. The van der Waals surface area contributed by atoms with E-state index >= 15 is 0 Å². The van der Waals surface area contributed by atoms with Gasteiger partial charge in [0.2, 0.25) is 5.91 Å². The van der Waals surface area contributed by atoms with Gasteiger partial charge in [-0.3, -0.25) is 9.20 Å². The van der Waals surface area contributed by atoms with Crippen molar-refractivity contribution in [1.82, 2.24) is 19.9 Å². The van der Waals surface area contributed by atoms with Crippen LogP contribution in [0.25, 0.3) is 15.7 Å². The molecule has 25 heavy (non-hydrogen) atoms. The SMILES string of the molecule is CC(NC(=O)Cc1csc2ccc(Br)cc12)c1nnc2ccccn12. The van der Waals surface area contributed by atoms with Gasteiger partial charge in [0.05, 0.1) is 12.5 Å². The van der Waals surface area contributed by atoms with Gasteiger partial charge in [-0.05, 0) is 53.6 Å². The highest BCUT2D eigenvalue weighted by molar-refractivity contribution is 9.10. The van der Waals surface area contributed by atoms with Crippen LogP contribution in [0.4, 0.5) is 0 Å². The molecule has 4 aromatic rings. The summed E-state index contributed by atoms with van der Waals surface area (Å²) in [4.78, 5) is 12.5. The zero-order valence-electron chi connectivity index (χ0n) is 13.4. The second-order valence-electron chi connectivity index (χ2n) is 5.85. The van der Waals surface area contributed by atoms with Crippen molar-refractivity contribution in [3.8, 4) is 0 Å². The van der Waals surface area contributed by atoms with Crippen LogP contribution in [-0.2, 0) is 11.2 Å². The molecule has 1 aromatic carbocycles. The maximum absolute atomic E-state index is 12.5. The lowest BCUT2D eigenvalue weighted by molar-refractivity contribution is -0.121. The fraction of sp³-hybridized carbons (Fsp3) is 0.167. The van der Waals surface area contributed by atoms with Gasteiger partial charge in [-0.2, -0.15) is 0 Å². The maximum Gasteiger partial charge on any atom is 0.225 e. The lowest BCUT2D eigenvalue weighted by Gasteiger charge is -2.12. The molecule has 126 valence electrons. The zero-order chi connectivity index (χ0) is 17.4. The van der Waals surface area contributed by atoms with Crippen LogP contribution in [0.2, 0.25) is 0 Å². The summed E-state index contributed by atoms with van der Waals surface area (Å²) in [6.07, 6.45) is 2.24. The van der Waals surface area contributed by atoms with Gasteiger partial charge in [0, 0.05) is 15.4 Å². The highest BCUT2D eigenvalue weighted by Gasteiger charge is 2.17. The maximum atomic E-state index is 12.5. The normalized spacial score (nSPS) is 12.6. The number of rotatable bonds is 4. The molecular weight excluding hydrogens is 400 g/mol. The summed E-state index contributed by atoms with van der Waals surface area (Å²) in [7, 11) is 0. The van der Waals surface area contributed by atoms with Crippen molar-refractivity contribution >= 4 is 48.9 Å². The zero-order valence-corrected chi connectivity index (χ0v) is 15.8. The molecule has 0 spiro atoms. The van der Waals surface area contributed by atoms with E-state index in [9.17, 15) is 4.79 Å². The van der Waals surface area contributed by atoms with Gasteiger partial charge in [-0.25, -0.2) is 0 Å². The average Bonchev–Trinajstić information content (AvgIpc) is 3.19. The Morgan fingerprint density at radius 1 is 1.32 bits per heavy atom. The number of halogens is 1. The van der Waals surface area contributed by atoms with Crippen molar-refractivity contribution in [1.29, 1.82) is 0 Å². The van der Waals surface area contributed by atoms with Gasteiger partial charge in [0.1, 0.15) is 0 Å². The van der Waals surface area contributed by atoms with E-state index in [-0.39, 0.29) is 11.9 Å². The Kier molecular flexibility index (Phi) is 4.27. The highest BCUT2D eigenvalue weighted by atomic mass is 79.9. The van der Waals surface area contributed by atoms with Crippen LogP contribution in [0.3, 0.4) is 0 Å². The van der Waals surface area contributed by atoms with E-state index in [0.29, 0.717) is 6.42 Å². The summed E-state index contributed by atoms with van der Waals surface area (Å²) in [5, 5.41) is 14.5. The van der Waals surface area contributed by atoms with Crippen LogP contribution < -0.4 is 5.32 Å². The molecule has 0 fully saturated rings. The molecule has 1 N–H and O–H groups in total. The highest BCUT2D eigenvalue weighted by Crippen LogP contribution is 2.29. The first-order valence-electron chi connectivity index (χ1n) is 7.86. The van der Waals surface area contributed by atoms with Crippen molar-refractivity contribution in [2.75, 3.05) is 0 Å². The summed E-state index contributed by atoms with van der Waals surface area (Å²) >= 11 is 5.15. The molecule has 7 heteroatoms. The van der Waals surface area contributed by atoms with Crippen molar-refractivity contribution < 1.29 is 4.79 Å². The molecule has 0 aliphatic rings. The number of nitrogens with zero attached hydrogens (tertiary/aromatic N) is 3. The van der Waals surface area contributed by atoms with E-state index in [1.165, 1.54) is 4.70 Å². The second kappa shape index (κ2) is 6.57. The van der Waals surface area contributed by atoms with Gasteiger partial charge in [0.25, 0.3) is 0 Å². The fourth-order valence-electron chi connectivity index (χ4n) is 2.88. The largest absolute Gasteiger partial charge is 0.346 e. The number of amides is 1. The van der Waals surface area contributed by atoms with Crippen LogP contribution in [-0.4, -0.2) is 20.5 Å². The van der Waals surface area contributed by atoms with E-state index in [0.717, 1.165) is 26.9 Å². The molecule has 5 nitrogen and oxygen atoms in total. The number of fused-ring (bicyclic) bond motifs is 2. The minimum absolute atomic E-state index is 0.0279. The number of pyridine rings is 1. The predicted molar refractivity (Wildman–Crippen MR) is 103 cm³/mol. The van der Waals surface area contributed by atoms with E-state index in [1.54, 1.807) is 11.3 Å².